The van der Waals surface area contributed by atoms with Crippen LogP contribution in [0.1, 0.15) is 19.5 Å². The van der Waals surface area contributed by atoms with Gasteiger partial charge in [-0.3, -0.25) is 19.4 Å². The third-order valence-electron chi connectivity index (χ3n) is 2.12. The molecule has 0 aliphatic heterocycles. The van der Waals surface area contributed by atoms with Gasteiger partial charge in [0.2, 0.25) is 6.29 Å². The molecule has 0 spiro atoms. The molecule has 1 radical (unpaired) electrons. The standard InChI is InChI=1S/C13H15N2O3/c1-3-15(18-4-2)13(17)11(10-16)9-12-7-5-6-8-14-12/h5-9H,3-4H2,1-2H3/b11-9+. The molecule has 0 saturated carbocycles. The maximum absolute atomic E-state index is 11.9. The second kappa shape index (κ2) is 7.34. The van der Waals surface area contributed by atoms with E-state index in [9.17, 15) is 9.59 Å². The summed E-state index contributed by atoms with van der Waals surface area (Å²) in [5.74, 6) is -0.514. The Labute approximate surface area is 106 Å². The highest BCUT2D eigenvalue weighted by atomic mass is 16.7. The van der Waals surface area contributed by atoms with Crippen molar-refractivity contribution in [3.8, 4) is 0 Å². The van der Waals surface area contributed by atoms with Gasteiger partial charge in [-0.1, -0.05) is 6.07 Å². The van der Waals surface area contributed by atoms with Crippen molar-refractivity contribution in [3.05, 3.63) is 35.7 Å². The van der Waals surface area contributed by atoms with Crippen LogP contribution in [0.4, 0.5) is 0 Å². The third-order valence-corrected chi connectivity index (χ3v) is 2.12. The Morgan fingerprint density at radius 2 is 2.28 bits per heavy atom. The summed E-state index contributed by atoms with van der Waals surface area (Å²) < 4.78 is 0. The van der Waals surface area contributed by atoms with Crippen molar-refractivity contribution in [2.75, 3.05) is 13.2 Å². The van der Waals surface area contributed by atoms with E-state index >= 15 is 0 Å². The Bertz CT molecular complexity index is 429. The zero-order chi connectivity index (χ0) is 13.4. The Morgan fingerprint density at radius 3 is 2.78 bits per heavy atom. The van der Waals surface area contributed by atoms with Crippen LogP contribution in [-0.4, -0.2) is 35.4 Å². The molecular formula is C13H15N2O3. The lowest BCUT2D eigenvalue weighted by Gasteiger charge is -2.18. The van der Waals surface area contributed by atoms with Crippen molar-refractivity contribution in [1.29, 1.82) is 0 Å². The molecule has 0 aromatic carbocycles. The molecule has 0 fully saturated rings. The van der Waals surface area contributed by atoms with Crippen LogP contribution in [-0.2, 0) is 14.4 Å². The van der Waals surface area contributed by atoms with Gasteiger partial charge in [-0.05, 0) is 32.1 Å². The average molecular weight is 247 g/mol. The van der Waals surface area contributed by atoms with Crippen molar-refractivity contribution < 1.29 is 14.4 Å². The van der Waals surface area contributed by atoms with Crippen LogP contribution in [0.3, 0.4) is 0 Å². The first-order chi connectivity index (χ1) is 8.72. The van der Waals surface area contributed by atoms with E-state index in [2.05, 4.69) is 4.98 Å². The Hall–Kier alpha value is -2.01. The average Bonchev–Trinajstić information content (AvgIpc) is 2.42. The van der Waals surface area contributed by atoms with E-state index in [1.54, 1.807) is 44.5 Å². The highest BCUT2D eigenvalue weighted by molar-refractivity contribution is 6.14. The molecule has 1 aromatic heterocycles. The molecule has 95 valence electrons. The lowest BCUT2D eigenvalue weighted by atomic mass is 10.2. The van der Waals surface area contributed by atoms with Crippen LogP contribution < -0.4 is 0 Å². The van der Waals surface area contributed by atoms with Crippen molar-refractivity contribution in [1.82, 2.24) is 10.0 Å². The quantitative estimate of drug-likeness (QED) is 0.330. The number of aromatic nitrogens is 1. The van der Waals surface area contributed by atoms with Gasteiger partial charge in [0.25, 0.3) is 5.91 Å². The van der Waals surface area contributed by atoms with E-state index in [0.717, 1.165) is 5.06 Å². The van der Waals surface area contributed by atoms with Gasteiger partial charge in [-0.2, -0.15) is 0 Å². The number of amides is 1. The van der Waals surface area contributed by atoms with Gasteiger partial charge >= 0.3 is 0 Å². The molecule has 0 aliphatic carbocycles. The van der Waals surface area contributed by atoms with Crippen LogP contribution >= 0.6 is 0 Å². The minimum Gasteiger partial charge on any atom is -0.285 e. The molecule has 0 aliphatic rings. The van der Waals surface area contributed by atoms with Crippen LogP contribution in [0, 0.1) is 0 Å². The number of hydrogen-bond donors (Lipinski definition) is 0. The molecule has 1 aromatic rings. The van der Waals surface area contributed by atoms with E-state index in [4.69, 9.17) is 4.84 Å². The molecule has 18 heavy (non-hydrogen) atoms. The second-order valence-electron chi connectivity index (χ2n) is 3.33. The molecule has 1 heterocycles. The number of carbonyl (C=O) groups is 1. The van der Waals surface area contributed by atoms with Gasteiger partial charge in [0.1, 0.15) is 0 Å². The predicted molar refractivity (Wildman–Crippen MR) is 66.9 cm³/mol. The fourth-order valence-corrected chi connectivity index (χ4v) is 1.33. The first-order valence-electron chi connectivity index (χ1n) is 5.68. The minimum absolute atomic E-state index is 0.107. The summed E-state index contributed by atoms with van der Waals surface area (Å²) in [4.78, 5) is 31.9. The smallest absolute Gasteiger partial charge is 0.281 e. The summed E-state index contributed by atoms with van der Waals surface area (Å²) in [6.45, 7) is 4.24. The molecule has 0 saturated heterocycles. The summed E-state index contributed by atoms with van der Waals surface area (Å²) in [6, 6.07) is 5.22. The maximum Gasteiger partial charge on any atom is 0.281 e. The van der Waals surface area contributed by atoms with Crippen molar-refractivity contribution in [3.63, 3.8) is 0 Å². The summed E-state index contributed by atoms with van der Waals surface area (Å²) in [7, 11) is 0. The van der Waals surface area contributed by atoms with Gasteiger partial charge in [0, 0.05) is 12.7 Å². The SMILES string of the molecule is CCON(CC)C(=O)/C([C]=O)=C/c1ccccn1. The molecule has 0 bridgehead atoms. The molecule has 5 nitrogen and oxygen atoms in total. The highest BCUT2D eigenvalue weighted by Gasteiger charge is 2.17. The summed E-state index contributed by atoms with van der Waals surface area (Å²) in [5, 5.41) is 1.12. The number of carbonyl (C=O) groups excluding carboxylic acids is 2. The number of pyridine rings is 1. The van der Waals surface area contributed by atoms with Gasteiger partial charge in [-0.15, -0.1) is 0 Å². The Balaban J connectivity index is 2.92. The number of nitrogens with zero attached hydrogens (tertiary/aromatic N) is 2. The third kappa shape index (κ3) is 3.78. The Morgan fingerprint density at radius 1 is 1.50 bits per heavy atom. The predicted octanol–water partition coefficient (Wildman–Crippen LogP) is 1.37. The number of hydrogen-bond acceptors (Lipinski definition) is 4. The lowest BCUT2D eigenvalue weighted by molar-refractivity contribution is -0.178. The zero-order valence-electron chi connectivity index (χ0n) is 10.4. The van der Waals surface area contributed by atoms with Gasteiger partial charge in [0.05, 0.1) is 17.9 Å². The zero-order valence-corrected chi connectivity index (χ0v) is 10.4. The number of hydroxylamine groups is 2. The van der Waals surface area contributed by atoms with E-state index in [1.807, 2.05) is 0 Å². The van der Waals surface area contributed by atoms with Crippen LogP contribution in [0.15, 0.2) is 30.0 Å². The monoisotopic (exact) mass is 247 g/mol. The maximum atomic E-state index is 11.9. The molecule has 5 heteroatoms. The first kappa shape index (κ1) is 14.1. The van der Waals surface area contributed by atoms with E-state index in [0.29, 0.717) is 18.8 Å². The fraction of sp³-hybridized carbons (Fsp3) is 0.308. The molecule has 1 amide bonds. The molecule has 1 rings (SSSR count). The summed E-state index contributed by atoms with van der Waals surface area (Å²) in [5.41, 5.74) is 0.417. The molecular weight excluding hydrogens is 232 g/mol. The molecule has 0 unspecified atom stereocenters. The highest BCUT2D eigenvalue weighted by Crippen LogP contribution is 2.06. The first-order valence-corrected chi connectivity index (χ1v) is 5.68. The fourth-order valence-electron chi connectivity index (χ4n) is 1.33. The minimum atomic E-state index is -0.514. The van der Waals surface area contributed by atoms with Gasteiger partial charge < -0.3 is 0 Å². The van der Waals surface area contributed by atoms with E-state index in [-0.39, 0.29) is 5.57 Å². The number of likely N-dealkylation sites (N-methyl/N-ethyl adjacent to an activating group) is 1. The largest absolute Gasteiger partial charge is 0.285 e. The van der Waals surface area contributed by atoms with Gasteiger partial charge in [-0.25, -0.2) is 5.06 Å². The normalized spacial score (nSPS) is 11.1. The summed E-state index contributed by atoms with van der Waals surface area (Å²) in [6.07, 6.45) is 4.59. The van der Waals surface area contributed by atoms with Gasteiger partial charge in [0.15, 0.2) is 0 Å². The van der Waals surface area contributed by atoms with Crippen molar-refractivity contribution in [2.24, 2.45) is 0 Å². The summed E-state index contributed by atoms with van der Waals surface area (Å²) >= 11 is 0. The van der Waals surface area contributed by atoms with Crippen molar-refractivity contribution in [2.45, 2.75) is 13.8 Å². The Kier molecular flexibility index (Phi) is 5.73. The second-order valence-corrected chi connectivity index (χ2v) is 3.33. The van der Waals surface area contributed by atoms with E-state index < -0.39 is 5.91 Å². The molecule has 0 N–H and O–H groups in total. The van der Waals surface area contributed by atoms with E-state index in [1.165, 1.54) is 6.08 Å². The number of rotatable bonds is 6. The van der Waals surface area contributed by atoms with Crippen LogP contribution in [0.25, 0.3) is 6.08 Å². The lowest BCUT2D eigenvalue weighted by Crippen LogP contribution is -2.32. The van der Waals surface area contributed by atoms with Crippen LogP contribution in [0.5, 0.6) is 0 Å². The topological polar surface area (TPSA) is 59.5 Å². The van der Waals surface area contributed by atoms with Crippen molar-refractivity contribution >= 4 is 18.3 Å². The molecule has 0 atom stereocenters. The van der Waals surface area contributed by atoms with Crippen LogP contribution in [0.2, 0.25) is 0 Å².